The van der Waals surface area contributed by atoms with Crippen LogP contribution in [0, 0.1) is 19.3 Å². The second-order valence-corrected chi connectivity index (χ2v) is 5.66. The van der Waals surface area contributed by atoms with Crippen molar-refractivity contribution in [3.05, 3.63) is 17.3 Å². The van der Waals surface area contributed by atoms with Gasteiger partial charge in [0.1, 0.15) is 12.3 Å². The van der Waals surface area contributed by atoms with Crippen molar-refractivity contribution in [1.29, 1.82) is 0 Å². The van der Waals surface area contributed by atoms with Crippen molar-refractivity contribution in [1.82, 2.24) is 15.6 Å². The molecule has 0 aliphatic carbocycles. The third kappa shape index (κ3) is 5.02. The largest absolute Gasteiger partial charge is 0.444 e. The minimum Gasteiger partial charge on any atom is -0.444 e. The normalized spacial score (nSPS) is 12.5. The molecule has 6 heteroatoms. The van der Waals surface area contributed by atoms with E-state index in [0.717, 1.165) is 36.8 Å². The third-order valence-corrected chi connectivity index (χ3v) is 4.26. The maximum absolute atomic E-state index is 9.64. The lowest BCUT2D eigenvalue weighted by molar-refractivity contribution is 0.118. The second-order valence-electron chi connectivity index (χ2n) is 5.66. The van der Waals surface area contributed by atoms with Crippen LogP contribution in [0.3, 0.4) is 0 Å². The Labute approximate surface area is 133 Å². The molecule has 0 aliphatic rings. The Morgan fingerprint density at radius 3 is 2.36 bits per heavy atom. The van der Waals surface area contributed by atoms with Gasteiger partial charge < -0.3 is 20.2 Å². The Hall–Kier alpha value is -1.56. The highest BCUT2D eigenvalue weighted by atomic mass is 16.4. The fraction of sp³-hybridized carbons (Fsp3) is 0.750. The number of nitrogens with one attached hydrogen (secondary N) is 2. The van der Waals surface area contributed by atoms with Crippen LogP contribution < -0.4 is 10.6 Å². The van der Waals surface area contributed by atoms with Crippen LogP contribution in [0.5, 0.6) is 0 Å². The van der Waals surface area contributed by atoms with E-state index in [2.05, 4.69) is 34.5 Å². The molecule has 0 saturated carbocycles. The monoisotopic (exact) mass is 310 g/mol. The molecule has 1 heterocycles. The van der Waals surface area contributed by atoms with Crippen LogP contribution in [-0.4, -0.2) is 35.7 Å². The van der Waals surface area contributed by atoms with Crippen LogP contribution in [0.1, 0.15) is 51.0 Å². The summed E-state index contributed by atoms with van der Waals surface area (Å²) in [4.78, 5) is 8.83. The summed E-state index contributed by atoms with van der Waals surface area (Å²) in [6.45, 7) is 12.1. The molecule has 0 unspecified atom stereocenters. The molecule has 0 aliphatic heterocycles. The molecule has 0 spiro atoms. The van der Waals surface area contributed by atoms with Gasteiger partial charge in [0.25, 0.3) is 0 Å². The maximum Gasteiger partial charge on any atom is 0.216 e. The number of rotatable bonds is 8. The Morgan fingerprint density at radius 2 is 1.91 bits per heavy atom. The molecule has 0 radical (unpaired) electrons. The molecule has 1 aromatic rings. The molecular weight excluding hydrogens is 280 g/mol. The fourth-order valence-corrected chi connectivity index (χ4v) is 2.15. The number of aryl methyl sites for hydroxylation is 2. The van der Waals surface area contributed by atoms with E-state index in [1.807, 2.05) is 20.8 Å². The van der Waals surface area contributed by atoms with Crippen LogP contribution in [-0.2, 0) is 6.54 Å². The minimum atomic E-state index is -0.105. The van der Waals surface area contributed by atoms with Gasteiger partial charge in [-0.3, -0.25) is 0 Å². The van der Waals surface area contributed by atoms with Gasteiger partial charge in [0.2, 0.25) is 5.89 Å². The number of oxazole rings is 1. The first-order valence-electron chi connectivity index (χ1n) is 8.06. The van der Waals surface area contributed by atoms with Crippen LogP contribution >= 0.6 is 0 Å². The van der Waals surface area contributed by atoms with Gasteiger partial charge in [-0.2, -0.15) is 0 Å². The van der Waals surface area contributed by atoms with Gasteiger partial charge in [0.05, 0.1) is 12.3 Å². The summed E-state index contributed by atoms with van der Waals surface area (Å²) in [5.74, 6) is 2.17. The lowest BCUT2D eigenvalue weighted by atomic mass is 9.83. The second kappa shape index (κ2) is 8.78. The summed E-state index contributed by atoms with van der Waals surface area (Å²) in [6.07, 6.45) is 1.84. The van der Waals surface area contributed by atoms with Crippen molar-refractivity contribution in [2.45, 2.75) is 54.0 Å². The summed E-state index contributed by atoms with van der Waals surface area (Å²) in [7, 11) is 0. The molecular formula is C16H30N4O2. The average molecular weight is 310 g/mol. The van der Waals surface area contributed by atoms with Crippen molar-refractivity contribution in [2.24, 2.45) is 10.4 Å². The molecule has 0 amide bonds. The van der Waals surface area contributed by atoms with Gasteiger partial charge in [-0.1, -0.05) is 13.8 Å². The molecule has 126 valence electrons. The number of hydrogen-bond acceptors (Lipinski definition) is 4. The van der Waals surface area contributed by atoms with Crippen molar-refractivity contribution < 1.29 is 9.52 Å². The minimum absolute atomic E-state index is 0.105. The van der Waals surface area contributed by atoms with Gasteiger partial charge in [-0.15, -0.1) is 0 Å². The first-order chi connectivity index (χ1) is 10.5. The highest BCUT2D eigenvalue weighted by Gasteiger charge is 2.25. The lowest BCUT2D eigenvalue weighted by Crippen LogP contribution is -2.44. The third-order valence-electron chi connectivity index (χ3n) is 4.26. The summed E-state index contributed by atoms with van der Waals surface area (Å²) < 4.78 is 5.54. The molecule has 0 aromatic carbocycles. The molecule has 1 aromatic heterocycles. The maximum atomic E-state index is 9.64. The van der Waals surface area contributed by atoms with E-state index in [-0.39, 0.29) is 12.0 Å². The molecule has 0 fully saturated rings. The van der Waals surface area contributed by atoms with E-state index >= 15 is 0 Å². The van der Waals surface area contributed by atoms with Gasteiger partial charge in [-0.05, 0) is 33.6 Å². The molecule has 0 saturated heterocycles. The topological polar surface area (TPSA) is 82.7 Å². The van der Waals surface area contributed by atoms with Gasteiger partial charge in [0.15, 0.2) is 5.96 Å². The standard InChI is InChI=1S/C16H30N4O2/c1-6-16(7-2,11-21)10-19-15(17-8-3)18-9-14-20-12(4)13(5)22-14/h21H,6-11H2,1-5H3,(H2,17,18,19). The van der Waals surface area contributed by atoms with Gasteiger partial charge in [-0.25, -0.2) is 9.98 Å². The van der Waals surface area contributed by atoms with E-state index in [9.17, 15) is 5.11 Å². The predicted molar refractivity (Wildman–Crippen MR) is 88.9 cm³/mol. The zero-order chi connectivity index (χ0) is 16.6. The van der Waals surface area contributed by atoms with Crippen LogP contribution in [0.4, 0.5) is 0 Å². The Balaban J connectivity index is 2.69. The number of aliphatic imine (C=N–C) groups is 1. The number of aliphatic hydroxyl groups is 1. The molecule has 3 N–H and O–H groups in total. The zero-order valence-corrected chi connectivity index (χ0v) is 14.5. The number of nitrogens with zero attached hydrogens (tertiary/aromatic N) is 2. The quantitative estimate of drug-likeness (QED) is 0.506. The van der Waals surface area contributed by atoms with E-state index < -0.39 is 0 Å². The summed E-state index contributed by atoms with van der Waals surface area (Å²) in [6, 6.07) is 0. The smallest absolute Gasteiger partial charge is 0.216 e. The van der Waals surface area contributed by atoms with E-state index in [4.69, 9.17) is 4.42 Å². The van der Waals surface area contributed by atoms with Crippen molar-refractivity contribution >= 4 is 5.96 Å². The van der Waals surface area contributed by atoms with Crippen LogP contribution in [0.2, 0.25) is 0 Å². The number of hydrogen-bond donors (Lipinski definition) is 3. The zero-order valence-electron chi connectivity index (χ0n) is 14.5. The van der Waals surface area contributed by atoms with E-state index in [1.54, 1.807) is 0 Å². The Bertz CT molecular complexity index is 451. The predicted octanol–water partition coefficient (Wildman–Crippen LogP) is 2.15. The summed E-state index contributed by atoms with van der Waals surface area (Å²) >= 11 is 0. The van der Waals surface area contributed by atoms with Crippen molar-refractivity contribution in [3.63, 3.8) is 0 Å². The average Bonchev–Trinajstić information content (AvgIpc) is 2.85. The van der Waals surface area contributed by atoms with Gasteiger partial charge in [0, 0.05) is 18.5 Å². The number of aliphatic hydroxyl groups excluding tert-OH is 1. The Kier molecular flexibility index (Phi) is 7.38. The van der Waals surface area contributed by atoms with Crippen LogP contribution in [0.25, 0.3) is 0 Å². The fourth-order valence-electron chi connectivity index (χ4n) is 2.15. The summed E-state index contributed by atoms with van der Waals surface area (Å²) in [5, 5.41) is 16.2. The summed E-state index contributed by atoms with van der Waals surface area (Å²) in [5.41, 5.74) is 0.797. The number of guanidine groups is 1. The molecule has 22 heavy (non-hydrogen) atoms. The first kappa shape index (κ1) is 18.5. The highest BCUT2D eigenvalue weighted by Crippen LogP contribution is 2.24. The highest BCUT2D eigenvalue weighted by molar-refractivity contribution is 5.79. The van der Waals surface area contributed by atoms with Crippen LogP contribution in [0.15, 0.2) is 9.41 Å². The molecule has 0 bridgehead atoms. The SMILES string of the molecule is CCNC(=NCc1nc(C)c(C)o1)NCC(CC)(CC)CO. The molecule has 0 atom stereocenters. The van der Waals surface area contributed by atoms with E-state index in [0.29, 0.717) is 19.0 Å². The lowest BCUT2D eigenvalue weighted by Gasteiger charge is -2.30. The van der Waals surface area contributed by atoms with E-state index in [1.165, 1.54) is 0 Å². The molecule has 1 rings (SSSR count). The number of aromatic nitrogens is 1. The van der Waals surface area contributed by atoms with Crippen molar-refractivity contribution in [3.8, 4) is 0 Å². The van der Waals surface area contributed by atoms with Gasteiger partial charge >= 0.3 is 0 Å². The van der Waals surface area contributed by atoms with Crippen molar-refractivity contribution in [2.75, 3.05) is 19.7 Å². The first-order valence-corrected chi connectivity index (χ1v) is 8.06. The Morgan fingerprint density at radius 1 is 1.23 bits per heavy atom. The molecule has 6 nitrogen and oxygen atoms in total.